The maximum Gasteiger partial charge on any atom is 0.175 e. The van der Waals surface area contributed by atoms with Gasteiger partial charge in [0, 0.05) is 12.8 Å². The van der Waals surface area contributed by atoms with Crippen LogP contribution in [0, 0.1) is 12.3 Å². The van der Waals surface area contributed by atoms with Crippen molar-refractivity contribution in [1.82, 2.24) is 0 Å². The second kappa shape index (κ2) is 5.44. The molecule has 0 fully saturated rings. The summed E-state index contributed by atoms with van der Waals surface area (Å²) >= 11 is 3.42. The summed E-state index contributed by atoms with van der Waals surface area (Å²) in [6, 6.07) is 3.60. The zero-order valence-corrected chi connectivity index (χ0v) is 10.9. The third-order valence-corrected chi connectivity index (χ3v) is 3.11. The normalized spacial score (nSPS) is 15.8. The lowest BCUT2D eigenvalue weighted by Gasteiger charge is -2.14. The van der Waals surface area contributed by atoms with Gasteiger partial charge in [-0.3, -0.25) is 0 Å². The van der Waals surface area contributed by atoms with Crippen molar-refractivity contribution in [3.8, 4) is 23.8 Å². The third kappa shape index (κ3) is 2.74. The minimum absolute atomic E-state index is 0.284. The number of rotatable bonds is 2. The lowest BCUT2D eigenvalue weighted by Crippen LogP contribution is -1.99. The van der Waals surface area contributed by atoms with Gasteiger partial charge in [0.2, 0.25) is 0 Å². The first kappa shape index (κ1) is 12.3. The van der Waals surface area contributed by atoms with E-state index in [1.165, 1.54) is 0 Å². The molecule has 0 radical (unpaired) electrons. The summed E-state index contributed by atoms with van der Waals surface area (Å²) in [5.74, 6) is 3.79. The van der Waals surface area contributed by atoms with Crippen molar-refractivity contribution in [2.45, 2.75) is 18.9 Å². The van der Waals surface area contributed by atoms with E-state index in [0.29, 0.717) is 24.7 Å². The molecule has 0 saturated heterocycles. The fourth-order valence-corrected chi connectivity index (χ4v) is 2.25. The smallest absolute Gasteiger partial charge is 0.175 e. The summed E-state index contributed by atoms with van der Waals surface area (Å²) in [4.78, 5) is 0. The average Bonchev–Trinajstić information content (AvgIpc) is 2.54. The summed E-state index contributed by atoms with van der Waals surface area (Å²) in [7, 11) is 0. The van der Waals surface area contributed by atoms with E-state index >= 15 is 0 Å². The number of fused-ring (bicyclic) bond motifs is 1. The van der Waals surface area contributed by atoms with Gasteiger partial charge in [-0.2, -0.15) is 0 Å². The number of hydrogen-bond acceptors (Lipinski definition) is 3. The highest BCUT2D eigenvalue weighted by atomic mass is 79.9. The minimum Gasteiger partial charge on any atom is -0.490 e. The molecule has 90 valence electrons. The standard InChI is InChI=1S/C13H13BrO3/c1-2-4-11(15)9-7-10(14)13-12(8-9)16-5-3-6-17-13/h1,7-8,11,15H,3-6H2. The van der Waals surface area contributed by atoms with Crippen LogP contribution >= 0.6 is 15.9 Å². The molecule has 1 atom stereocenters. The summed E-state index contributed by atoms with van der Waals surface area (Å²) in [5, 5.41) is 9.86. The van der Waals surface area contributed by atoms with Crippen molar-refractivity contribution >= 4 is 15.9 Å². The van der Waals surface area contributed by atoms with Crippen LogP contribution < -0.4 is 9.47 Å². The third-order valence-electron chi connectivity index (χ3n) is 2.52. The van der Waals surface area contributed by atoms with Crippen LogP contribution in [0.4, 0.5) is 0 Å². The summed E-state index contributed by atoms with van der Waals surface area (Å²) in [6.07, 6.45) is 5.65. The molecule has 4 heteroatoms. The first-order valence-electron chi connectivity index (χ1n) is 5.43. The first-order valence-corrected chi connectivity index (χ1v) is 6.22. The second-order valence-electron chi connectivity index (χ2n) is 3.80. The molecule has 0 amide bonds. The van der Waals surface area contributed by atoms with E-state index in [9.17, 15) is 5.11 Å². The molecular weight excluding hydrogens is 284 g/mol. The predicted molar refractivity (Wildman–Crippen MR) is 68.2 cm³/mol. The average molecular weight is 297 g/mol. The predicted octanol–water partition coefficient (Wildman–Crippen LogP) is 2.67. The fraction of sp³-hybridized carbons (Fsp3) is 0.385. The van der Waals surface area contributed by atoms with Crippen molar-refractivity contribution in [2.75, 3.05) is 13.2 Å². The van der Waals surface area contributed by atoms with Crippen LogP contribution in [0.15, 0.2) is 16.6 Å². The van der Waals surface area contributed by atoms with Gasteiger partial charge in [-0.1, -0.05) is 0 Å². The van der Waals surface area contributed by atoms with E-state index in [2.05, 4.69) is 21.9 Å². The highest BCUT2D eigenvalue weighted by Gasteiger charge is 2.17. The van der Waals surface area contributed by atoms with E-state index < -0.39 is 6.10 Å². The molecule has 1 N–H and O–H groups in total. The molecule has 0 spiro atoms. The van der Waals surface area contributed by atoms with Gasteiger partial charge < -0.3 is 14.6 Å². The van der Waals surface area contributed by atoms with Crippen LogP contribution in [0.25, 0.3) is 0 Å². The monoisotopic (exact) mass is 296 g/mol. The molecular formula is C13H13BrO3. The molecule has 0 bridgehead atoms. The van der Waals surface area contributed by atoms with Gasteiger partial charge in [-0.15, -0.1) is 12.3 Å². The highest BCUT2D eigenvalue weighted by molar-refractivity contribution is 9.10. The van der Waals surface area contributed by atoms with E-state index in [-0.39, 0.29) is 6.42 Å². The number of halogens is 1. The Labute approximate surface area is 109 Å². The summed E-state index contributed by atoms with van der Waals surface area (Å²) in [6.45, 7) is 1.26. The van der Waals surface area contributed by atoms with Crippen LogP contribution in [0.1, 0.15) is 24.5 Å². The SMILES string of the molecule is C#CCC(O)c1cc(Br)c2c(c1)OCCCO2. The number of aliphatic hydroxyl groups is 1. The molecule has 1 aliphatic heterocycles. The van der Waals surface area contributed by atoms with Crippen molar-refractivity contribution in [2.24, 2.45) is 0 Å². The number of terminal acetylenes is 1. The van der Waals surface area contributed by atoms with Crippen molar-refractivity contribution in [3.05, 3.63) is 22.2 Å². The molecule has 0 saturated carbocycles. The second-order valence-corrected chi connectivity index (χ2v) is 4.66. The molecule has 1 aliphatic rings. The van der Waals surface area contributed by atoms with Gasteiger partial charge in [0.15, 0.2) is 11.5 Å². The van der Waals surface area contributed by atoms with Gasteiger partial charge in [0.1, 0.15) is 0 Å². The Hall–Kier alpha value is -1.18. The summed E-state index contributed by atoms with van der Waals surface area (Å²) < 4.78 is 11.9. The lowest BCUT2D eigenvalue weighted by atomic mass is 10.1. The van der Waals surface area contributed by atoms with Crippen LogP contribution in [0.3, 0.4) is 0 Å². The maximum atomic E-state index is 9.86. The number of ether oxygens (including phenoxy) is 2. The van der Waals surface area contributed by atoms with Crippen molar-refractivity contribution in [1.29, 1.82) is 0 Å². The van der Waals surface area contributed by atoms with Crippen LogP contribution in [0.2, 0.25) is 0 Å². The Morgan fingerprint density at radius 3 is 2.94 bits per heavy atom. The molecule has 1 aromatic carbocycles. The molecule has 3 nitrogen and oxygen atoms in total. The van der Waals surface area contributed by atoms with E-state index in [1.807, 2.05) is 6.07 Å². The van der Waals surface area contributed by atoms with Gasteiger partial charge in [0.25, 0.3) is 0 Å². The van der Waals surface area contributed by atoms with Crippen molar-refractivity contribution < 1.29 is 14.6 Å². The molecule has 1 aromatic rings. The first-order chi connectivity index (χ1) is 8.22. The van der Waals surface area contributed by atoms with Crippen LogP contribution in [-0.2, 0) is 0 Å². The Morgan fingerprint density at radius 1 is 1.41 bits per heavy atom. The van der Waals surface area contributed by atoms with Crippen LogP contribution in [0.5, 0.6) is 11.5 Å². The largest absolute Gasteiger partial charge is 0.490 e. The zero-order valence-electron chi connectivity index (χ0n) is 9.28. The van der Waals surface area contributed by atoms with Gasteiger partial charge >= 0.3 is 0 Å². The highest BCUT2D eigenvalue weighted by Crippen LogP contribution is 2.39. The number of benzene rings is 1. The van der Waals surface area contributed by atoms with E-state index in [4.69, 9.17) is 15.9 Å². The zero-order chi connectivity index (χ0) is 12.3. The molecule has 0 aliphatic carbocycles. The Bertz CT molecular complexity index is 451. The Morgan fingerprint density at radius 2 is 2.18 bits per heavy atom. The number of aliphatic hydroxyl groups excluding tert-OH is 1. The molecule has 0 aromatic heterocycles. The Balaban J connectivity index is 2.35. The van der Waals surface area contributed by atoms with Gasteiger partial charge in [-0.25, -0.2) is 0 Å². The van der Waals surface area contributed by atoms with Gasteiger partial charge in [0.05, 0.1) is 23.8 Å². The lowest BCUT2D eigenvalue weighted by molar-refractivity contribution is 0.183. The van der Waals surface area contributed by atoms with Crippen molar-refractivity contribution in [3.63, 3.8) is 0 Å². The molecule has 2 rings (SSSR count). The minimum atomic E-state index is -0.673. The molecule has 1 unspecified atom stereocenters. The topological polar surface area (TPSA) is 38.7 Å². The quantitative estimate of drug-likeness (QED) is 0.853. The van der Waals surface area contributed by atoms with E-state index in [1.54, 1.807) is 6.07 Å². The maximum absolute atomic E-state index is 9.86. The van der Waals surface area contributed by atoms with E-state index in [0.717, 1.165) is 16.5 Å². The van der Waals surface area contributed by atoms with Gasteiger partial charge in [-0.05, 0) is 33.6 Å². The molecule has 17 heavy (non-hydrogen) atoms. The van der Waals surface area contributed by atoms with Crippen LogP contribution in [-0.4, -0.2) is 18.3 Å². The molecule has 1 heterocycles. The number of hydrogen-bond donors (Lipinski definition) is 1. The summed E-state index contributed by atoms with van der Waals surface area (Å²) in [5.41, 5.74) is 0.735. The Kier molecular flexibility index (Phi) is 3.93. The fourth-order valence-electron chi connectivity index (χ4n) is 1.67.